The van der Waals surface area contributed by atoms with E-state index in [0.717, 1.165) is 24.2 Å². The number of benzene rings is 1. The smallest absolute Gasteiger partial charge is 0.360 e. The van der Waals surface area contributed by atoms with Crippen LogP contribution in [-0.4, -0.2) is 34.6 Å². The van der Waals surface area contributed by atoms with Crippen molar-refractivity contribution in [1.29, 1.82) is 0 Å². The fraction of sp³-hybridized carbons (Fsp3) is 0.308. The highest BCUT2D eigenvalue weighted by Gasteiger charge is 2.23. The molecule has 2 aromatic rings. The van der Waals surface area contributed by atoms with Crippen molar-refractivity contribution in [1.82, 2.24) is 15.0 Å². The molecule has 0 saturated carbocycles. The van der Waals surface area contributed by atoms with Crippen molar-refractivity contribution < 1.29 is 9.53 Å². The molecule has 1 unspecified atom stereocenters. The predicted molar refractivity (Wildman–Crippen MR) is 69.0 cm³/mol. The molecule has 0 amide bonds. The Morgan fingerprint density at radius 3 is 3.16 bits per heavy atom. The molecule has 1 atom stereocenters. The van der Waals surface area contributed by atoms with Crippen molar-refractivity contribution in [3.05, 3.63) is 41.7 Å². The van der Waals surface area contributed by atoms with Gasteiger partial charge in [0.25, 0.3) is 0 Å². The average molecular weight is 258 g/mol. The second-order valence-corrected chi connectivity index (χ2v) is 4.39. The van der Waals surface area contributed by atoms with Crippen LogP contribution < -0.4 is 5.32 Å². The Hall–Kier alpha value is -2.37. The molecule has 1 aliphatic heterocycles. The van der Waals surface area contributed by atoms with E-state index in [4.69, 9.17) is 0 Å². The molecule has 2 heterocycles. The Morgan fingerprint density at radius 2 is 2.32 bits per heavy atom. The van der Waals surface area contributed by atoms with E-state index < -0.39 is 5.97 Å². The fourth-order valence-corrected chi connectivity index (χ4v) is 2.35. The molecule has 1 aromatic heterocycles. The number of fused-ring (bicyclic) bond motifs is 1. The lowest BCUT2D eigenvalue weighted by atomic mass is 9.98. The SMILES string of the molecule is COC(=O)c1cn(C2CCNc3ccccc32)nn1. The minimum Gasteiger partial charge on any atom is -0.464 e. The normalized spacial score (nSPS) is 17.4. The number of carbonyl (C=O) groups excluding carboxylic acids is 1. The number of aromatic nitrogens is 3. The van der Waals surface area contributed by atoms with Crippen molar-refractivity contribution in [3.8, 4) is 0 Å². The van der Waals surface area contributed by atoms with E-state index in [9.17, 15) is 4.79 Å². The van der Waals surface area contributed by atoms with Crippen LogP contribution in [0.3, 0.4) is 0 Å². The summed E-state index contributed by atoms with van der Waals surface area (Å²) in [4.78, 5) is 11.4. The molecule has 1 aliphatic rings. The maximum atomic E-state index is 11.4. The van der Waals surface area contributed by atoms with E-state index in [2.05, 4.69) is 26.4 Å². The van der Waals surface area contributed by atoms with Crippen LogP contribution >= 0.6 is 0 Å². The number of ether oxygens (including phenoxy) is 1. The maximum absolute atomic E-state index is 11.4. The van der Waals surface area contributed by atoms with Crippen LogP contribution in [0.25, 0.3) is 0 Å². The second kappa shape index (κ2) is 4.72. The van der Waals surface area contributed by atoms with Gasteiger partial charge in [-0.15, -0.1) is 5.10 Å². The van der Waals surface area contributed by atoms with Gasteiger partial charge < -0.3 is 10.1 Å². The molecule has 6 nitrogen and oxygen atoms in total. The molecule has 0 fully saturated rings. The molecular weight excluding hydrogens is 244 g/mol. The van der Waals surface area contributed by atoms with Crippen LogP contribution in [0.4, 0.5) is 5.69 Å². The van der Waals surface area contributed by atoms with Gasteiger partial charge in [0, 0.05) is 12.2 Å². The number of esters is 1. The summed E-state index contributed by atoms with van der Waals surface area (Å²) in [5.74, 6) is -0.464. The summed E-state index contributed by atoms with van der Waals surface area (Å²) < 4.78 is 6.37. The van der Waals surface area contributed by atoms with Crippen LogP contribution in [0.15, 0.2) is 30.5 Å². The molecule has 0 radical (unpaired) electrons. The molecule has 1 N–H and O–H groups in total. The molecule has 0 bridgehead atoms. The molecule has 98 valence electrons. The van der Waals surface area contributed by atoms with Crippen molar-refractivity contribution in [3.63, 3.8) is 0 Å². The van der Waals surface area contributed by atoms with Gasteiger partial charge in [0.2, 0.25) is 0 Å². The Bertz CT molecular complexity index is 608. The lowest BCUT2D eigenvalue weighted by molar-refractivity contribution is 0.0594. The Kier molecular flexibility index (Phi) is 2.91. The van der Waals surface area contributed by atoms with Gasteiger partial charge in [-0.1, -0.05) is 23.4 Å². The van der Waals surface area contributed by atoms with Crippen LogP contribution in [0.5, 0.6) is 0 Å². The molecule has 19 heavy (non-hydrogen) atoms. The third-order valence-corrected chi connectivity index (χ3v) is 3.28. The zero-order valence-corrected chi connectivity index (χ0v) is 10.5. The van der Waals surface area contributed by atoms with Gasteiger partial charge in [0.05, 0.1) is 19.3 Å². The van der Waals surface area contributed by atoms with Crippen molar-refractivity contribution in [2.24, 2.45) is 0 Å². The summed E-state index contributed by atoms with van der Waals surface area (Å²) >= 11 is 0. The summed E-state index contributed by atoms with van der Waals surface area (Å²) in [6.07, 6.45) is 2.54. The second-order valence-electron chi connectivity index (χ2n) is 4.39. The molecule has 1 aromatic carbocycles. The van der Waals surface area contributed by atoms with Gasteiger partial charge in [-0.2, -0.15) is 0 Å². The van der Waals surface area contributed by atoms with Gasteiger partial charge >= 0.3 is 5.97 Å². The van der Waals surface area contributed by atoms with Crippen LogP contribution in [0.2, 0.25) is 0 Å². The summed E-state index contributed by atoms with van der Waals surface area (Å²) in [5.41, 5.74) is 2.50. The van der Waals surface area contributed by atoms with Gasteiger partial charge in [-0.25, -0.2) is 9.48 Å². The summed E-state index contributed by atoms with van der Waals surface area (Å²) in [6, 6.07) is 8.20. The molecule has 3 rings (SSSR count). The summed E-state index contributed by atoms with van der Waals surface area (Å²) in [5, 5.41) is 11.2. The van der Waals surface area contributed by atoms with E-state index in [-0.39, 0.29) is 11.7 Å². The largest absolute Gasteiger partial charge is 0.464 e. The number of para-hydroxylation sites is 1. The van der Waals surface area contributed by atoms with Gasteiger partial charge in [0.1, 0.15) is 0 Å². The Balaban J connectivity index is 1.95. The zero-order chi connectivity index (χ0) is 13.2. The minimum absolute atomic E-state index is 0.100. The van der Waals surface area contributed by atoms with Gasteiger partial charge in [0.15, 0.2) is 5.69 Å². The number of hydrogen-bond acceptors (Lipinski definition) is 5. The first-order chi connectivity index (χ1) is 9.29. The number of carbonyl (C=O) groups is 1. The first-order valence-electron chi connectivity index (χ1n) is 6.12. The molecule has 0 saturated heterocycles. The van der Waals surface area contributed by atoms with Crippen molar-refractivity contribution in [2.45, 2.75) is 12.5 Å². The van der Waals surface area contributed by atoms with Crippen molar-refractivity contribution in [2.75, 3.05) is 19.0 Å². The molecular formula is C13H14N4O2. The highest BCUT2D eigenvalue weighted by atomic mass is 16.5. The van der Waals surface area contributed by atoms with Crippen LogP contribution in [0, 0.1) is 0 Å². The third-order valence-electron chi connectivity index (χ3n) is 3.28. The zero-order valence-electron chi connectivity index (χ0n) is 10.5. The molecule has 0 spiro atoms. The van der Waals surface area contributed by atoms with Crippen molar-refractivity contribution >= 4 is 11.7 Å². The first-order valence-corrected chi connectivity index (χ1v) is 6.12. The monoisotopic (exact) mass is 258 g/mol. The van der Waals surface area contributed by atoms with Gasteiger partial charge in [-0.05, 0) is 18.1 Å². The first kappa shape index (κ1) is 11.7. The predicted octanol–water partition coefficient (Wildman–Crippen LogP) is 1.47. The minimum atomic E-state index is -0.464. The maximum Gasteiger partial charge on any atom is 0.360 e. The number of anilines is 1. The number of methoxy groups -OCH3 is 1. The Labute approximate surface area is 110 Å². The molecule has 0 aliphatic carbocycles. The van der Waals surface area contributed by atoms with E-state index in [1.165, 1.54) is 7.11 Å². The van der Waals surface area contributed by atoms with Crippen LogP contribution in [0.1, 0.15) is 28.5 Å². The third kappa shape index (κ3) is 2.05. The average Bonchev–Trinajstić information content (AvgIpc) is 2.95. The topological polar surface area (TPSA) is 69.0 Å². The summed E-state index contributed by atoms with van der Waals surface area (Å²) in [7, 11) is 1.33. The van der Waals surface area contributed by atoms with E-state index in [0.29, 0.717) is 0 Å². The van der Waals surface area contributed by atoms with Crippen LogP contribution in [-0.2, 0) is 4.74 Å². The Morgan fingerprint density at radius 1 is 1.47 bits per heavy atom. The highest BCUT2D eigenvalue weighted by molar-refractivity contribution is 5.86. The van der Waals surface area contributed by atoms with Gasteiger partial charge in [-0.3, -0.25) is 0 Å². The van der Waals surface area contributed by atoms with E-state index in [1.807, 2.05) is 18.2 Å². The number of rotatable bonds is 2. The number of hydrogen-bond donors (Lipinski definition) is 1. The molecule has 6 heteroatoms. The number of nitrogens with one attached hydrogen (secondary N) is 1. The lowest BCUT2D eigenvalue weighted by Gasteiger charge is -2.26. The lowest BCUT2D eigenvalue weighted by Crippen LogP contribution is -2.22. The fourth-order valence-electron chi connectivity index (χ4n) is 2.35. The number of nitrogens with zero attached hydrogens (tertiary/aromatic N) is 3. The standard InChI is InChI=1S/C13H14N4O2/c1-19-13(18)11-8-17(16-15-11)12-6-7-14-10-5-3-2-4-9(10)12/h2-5,8,12,14H,6-7H2,1H3. The highest BCUT2D eigenvalue weighted by Crippen LogP contribution is 2.31. The van der Waals surface area contributed by atoms with E-state index in [1.54, 1.807) is 10.9 Å². The van der Waals surface area contributed by atoms with E-state index >= 15 is 0 Å². The summed E-state index contributed by atoms with van der Waals surface area (Å²) in [6.45, 7) is 0.870. The quantitative estimate of drug-likeness (QED) is 0.826.